The lowest BCUT2D eigenvalue weighted by Crippen LogP contribution is -2.33. The van der Waals surface area contributed by atoms with Crippen LogP contribution in [0, 0.1) is 5.92 Å². The molecule has 2 unspecified atom stereocenters. The van der Waals surface area contributed by atoms with E-state index in [9.17, 15) is 18.0 Å². The van der Waals surface area contributed by atoms with Crippen molar-refractivity contribution in [1.82, 2.24) is 14.8 Å². The first-order valence-corrected chi connectivity index (χ1v) is 9.78. The number of aromatic nitrogens is 3. The van der Waals surface area contributed by atoms with Gasteiger partial charge in [0.25, 0.3) is 5.82 Å². The Bertz CT molecular complexity index is 1060. The first kappa shape index (κ1) is 19.0. The third kappa shape index (κ3) is 3.10. The van der Waals surface area contributed by atoms with E-state index in [0.29, 0.717) is 54.4 Å². The Hall–Kier alpha value is -3.04. The molecule has 0 bridgehead atoms. The Morgan fingerprint density at radius 1 is 1.17 bits per heavy atom. The predicted molar refractivity (Wildman–Crippen MR) is 99.3 cm³/mol. The van der Waals surface area contributed by atoms with E-state index in [1.54, 1.807) is 18.2 Å². The number of nitrogens with one attached hydrogen (secondary N) is 1. The second-order valence-electron chi connectivity index (χ2n) is 7.81. The highest BCUT2D eigenvalue weighted by Gasteiger charge is 2.43. The van der Waals surface area contributed by atoms with Crippen molar-refractivity contribution < 1.29 is 27.4 Å². The fraction of sp³-hybridized carbons (Fsp3) is 0.450. The molecule has 10 heteroatoms. The van der Waals surface area contributed by atoms with Gasteiger partial charge in [0, 0.05) is 24.1 Å². The molecular formula is C20H19F3N4O3. The van der Waals surface area contributed by atoms with Crippen molar-refractivity contribution in [3.05, 3.63) is 40.9 Å². The van der Waals surface area contributed by atoms with E-state index in [4.69, 9.17) is 9.47 Å². The molecule has 30 heavy (non-hydrogen) atoms. The molecule has 1 aliphatic carbocycles. The van der Waals surface area contributed by atoms with Gasteiger partial charge in [-0.25, -0.2) is 4.68 Å². The maximum atomic E-state index is 13.3. The van der Waals surface area contributed by atoms with E-state index < -0.39 is 18.0 Å². The number of halogens is 3. The van der Waals surface area contributed by atoms with Gasteiger partial charge in [-0.05, 0) is 30.0 Å². The molecule has 1 N–H and O–H groups in total. The fourth-order valence-corrected chi connectivity index (χ4v) is 4.18. The molecule has 2 aromatic rings. The molecule has 0 saturated heterocycles. The molecule has 3 heterocycles. The molecule has 3 aliphatic rings. The van der Waals surface area contributed by atoms with Crippen LogP contribution in [0.15, 0.2) is 29.5 Å². The van der Waals surface area contributed by atoms with Gasteiger partial charge in [0.15, 0.2) is 17.3 Å². The molecule has 0 spiro atoms. The van der Waals surface area contributed by atoms with Gasteiger partial charge in [-0.2, -0.15) is 18.2 Å². The maximum Gasteiger partial charge on any atom is 0.453 e. The highest BCUT2D eigenvalue weighted by atomic mass is 19.4. The van der Waals surface area contributed by atoms with Gasteiger partial charge in [-0.1, -0.05) is 13.0 Å². The molecule has 0 saturated carbocycles. The average molecular weight is 420 g/mol. The van der Waals surface area contributed by atoms with E-state index >= 15 is 0 Å². The molecule has 158 valence electrons. The zero-order valence-electron chi connectivity index (χ0n) is 16.1. The molecule has 7 nitrogen and oxygen atoms in total. The molecule has 2 aliphatic heterocycles. The summed E-state index contributed by atoms with van der Waals surface area (Å²) in [5.74, 6) is -0.227. The molecule has 2 atom stereocenters. The number of allylic oxidation sites excluding steroid dienone is 2. The number of hydrogen-bond acceptors (Lipinski definition) is 6. The molecule has 0 amide bonds. The third-order valence-electron chi connectivity index (χ3n) is 5.46. The zero-order chi connectivity index (χ0) is 21.0. The zero-order valence-corrected chi connectivity index (χ0v) is 16.1. The van der Waals surface area contributed by atoms with Crippen molar-refractivity contribution in [2.75, 3.05) is 18.5 Å². The highest BCUT2D eigenvalue weighted by molar-refractivity contribution is 5.99. The fourth-order valence-electron chi connectivity index (χ4n) is 4.18. The maximum absolute atomic E-state index is 13.3. The Labute approximate surface area is 169 Å². The molecule has 0 radical (unpaired) electrons. The van der Waals surface area contributed by atoms with Crippen LogP contribution in [0.2, 0.25) is 0 Å². The summed E-state index contributed by atoms with van der Waals surface area (Å²) in [6, 6.07) is 4.34. The number of nitrogens with zero attached hydrogens (tertiary/aromatic N) is 3. The second-order valence-corrected chi connectivity index (χ2v) is 7.81. The van der Waals surface area contributed by atoms with Crippen LogP contribution in [-0.4, -0.2) is 33.8 Å². The number of hydrogen-bond donors (Lipinski definition) is 1. The topological polar surface area (TPSA) is 78.3 Å². The quantitative estimate of drug-likeness (QED) is 0.758. The first-order chi connectivity index (χ1) is 14.3. The lowest BCUT2D eigenvalue weighted by molar-refractivity contribution is -0.145. The van der Waals surface area contributed by atoms with Crippen molar-refractivity contribution >= 4 is 11.7 Å². The van der Waals surface area contributed by atoms with Crippen molar-refractivity contribution in [3.63, 3.8) is 0 Å². The summed E-state index contributed by atoms with van der Waals surface area (Å²) in [5.41, 5.74) is 1.62. The van der Waals surface area contributed by atoms with Crippen LogP contribution in [0.3, 0.4) is 0 Å². The van der Waals surface area contributed by atoms with Crippen LogP contribution in [0.25, 0.3) is 0 Å². The summed E-state index contributed by atoms with van der Waals surface area (Å²) in [6.45, 7) is 2.93. The molecule has 0 fully saturated rings. The summed E-state index contributed by atoms with van der Waals surface area (Å²) in [4.78, 5) is 16.6. The highest BCUT2D eigenvalue weighted by Crippen LogP contribution is 2.44. The monoisotopic (exact) mass is 420 g/mol. The Morgan fingerprint density at radius 3 is 2.70 bits per heavy atom. The summed E-state index contributed by atoms with van der Waals surface area (Å²) >= 11 is 0. The molecule has 5 rings (SSSR count). The second kappa shape index (κ2) is 6.75. The van der Waals surface area contributed by atoms with Crippen LogP contribution in [-0.2, 0) is 11.0 Å². The average Bonchev–Trinajstić information content (AvgIpc) is 2.97. The van der Waals surface area contributed by atoms with Crippen LogP contribution >= 0.6 is 0 Å². The number of fused-ring (bicyclic) bond motifs is 2. The lowest BCUT2D eigenvalue weighted by atomic mass is 9.81. The van der Waals surface area contributed by atoms with Gasteiger partial charge in [-0.3, -0.25) is 4.79 Å². The number of carbonyl (C=O) groups excluding carboxylic acids is 1. The van der Waals surface area contributed by atoms with Gasteiger partial charge >= 0.3 is 6.18 Å². The van der Waals surface area contributed by atoms with E-state index in [1.807, 2.05) is 6.92 Å². The van der Waals surface area contributed by atoms with Crippen molar-refractivity contribution in [1.29, 1.82) is 0 Å². The lowest BCUT2D eigenvalue weighted by Gasteiger charge is -2.34. The van der Waals surface area contributed by atoms with Crippen LogP contribution in [0.1, 0.15) is 43.6 Å². The standard InChI is InChI=1S/C20H19F3N4O3/c1-10-7-12-16(13(28)8-10)17(27-19(24-12)25-18(26-27)20(21,22)23)11-3-4-14-15(9-11)30-6-2-5-29-14/h3-4,9-10,17H,2,5-8H2,1H3,(H,24,25,26). The van der Waals surface area contributed by atoms with Gasteiger partial charge in [0.05, 0.1) is 13.2 Å². The smallest absolute Gasteiger partial charge is 0.453 e. The van der Waals surface area contributed by atoms with E-state index in [1.165, 1.54) is 0 Å². The van der Waals surface area contributed by atoms with Gasteiger partial charge in [-0.15, -0.1) is 5.10 Å². The third-order valence-corrected chi connectivity index (χ3v) is 5.46. The van der Waals surface area contributed by atoms with E-state index in [0.717, 1.165) is 11.1 Å². The summed E-state index contributed by atoms with van der Waals surface area (Å²) < 4.78 is 52.4. The Morgan fingerprint density at radius 2 is 1.93 bits per heavy atom. The van der Waals surface area contributed by atoms with Crippen LogP contribution in [0.5, 0.6) is 11.5 Å². The summed E-state index contributed by atoms with van der Waals surface area (Å²) in [5, 5.41) is 6.63. The number of ether oxygens (including phenoxy) is 2. The van der Waals surface area contributed by atoms with Crippen molar-refractivity contribution in [2.45, 2.75) is 38.4 Å². The predicted octanol–water partition coefficient (Wildman–Crippen LogP) is 3.73. The summed E-state index contributed by atoms with van der Waals surface area (Å²) in [6.07, 6.45) is -3.08. The number of ketones is 1. The first-order valence-electron chi connectivity index (χ1n) is 9.78. The molecule has 1 aromatic carbocycles. The van der Waals surface area contributed by atoms with Gasteiger partial charge in [0.1, 0.15) is 6.04 Å². The Kier molecular flexibility index (Phi) is 4.26. The minimum atomic E-state index is -4.70. The van der Waals surface area contributed by atoms with Crippen molar-refractivity contribution in [3.8, 4) is 11.5 Å². The molecular weight excluding hydrogens is 401 g/mol. The van der Waals surface area contributed by atoms with E-state index in [2.05, 4.69) is 15.4 Å². The number of benzene rings is 1. The van der Waals surface area contributed by atoms with Crippen LogP contribution in [0.4, 0.5) is 19.1 Å². The van der Waals surface area contributed by atoms with Gasteiger partial charge < -0.3 is 14.8 Å². The normalized spacial score (nSPS) is 23.4. The minimum absolute atomic E-state index is 0.0277. The van der Waals surface area contributed by atoms with Crippen LogP contribution < -0.4 is 14.8 Å². The number of carbonyl (C=O) groups is 1. The molecule has 1 aromatic heterocycles. The largest absolute Gasteiger partial charge is 0.490 e. The number of rotatable bonds is 1. The minimum Gasteiger partial charge on any atom is -0.490 e. The number of alkyl halides is 3. The van der Waals surface area contributed by atoms with Gasteiger partial charge in [0.2, 0.25) is 5.95 Å². The SMILES string of the molecule is CC1CC(=O)C2=C(C1)Nc1nc(C(F)(F)F)nn1C2c1ccc2c(c1)OCCCO2. The number of anilines is 1. The van der Waals surface area contributed by atoms with E-state index in [-0.39, 0.29) is 17.6 Å². The van der Waals surface area contributed by atoms with Crippen molar-refractivity contribution in [2.24, 2.45) is 5.92 Å². The Balaban J connectivity index is 1.67. The number of Topliss-reactive ketones (excluding diaryl/α,β-unsaturated/α-hetero) is 1. The summed E-state index contributed by atoms with van der Waals surface area (Å²) in [7, 11) is 0.